The Bertz CT molecular complexity index is 857. The van der Waals surface area contributed by atoms with Gasteiger partial charge in [-0.25, -0.2) is 4.68 Å². The molecular formula is C18H19N5O2. The number of benzene rings is 1. The summed E-state index contributed by atoms with van der Waals surface area (Å²) >= 11 is 0. The molecule has 0 atom stereocenters. The van der Waals surface area contributed by atoms with Crippen LogP contribution in [0.5, 0.6) is 5.75 Å². The van der Waals surface area contributed by atoms with Crippen molar-refractivity contribution < 1.29 is 9.53 Å². The first-order chi connectivity index (χ1) is 12.1. The summed E-state index contributed by atoms with van der Waals surface area (Å²) in [6.45, 7) is 3.80. The van der Waals surface area contributed by atoms with Crippen molar-refractivity contribution in [2.24, 2.45) is 0 Å². The summed E-state index contributed by atoms with van der Waals surface area (Å²) in [5.74, 6) is 0.471. The summed E-state index contributed by atoms with van der Waals surface area (Å²) in [6.07, 6.45) is 3.36. The van der Waals surface area contributed by atoms with Gasteiger partial charge in [-0.2, -0.15) is 0 Å². The molecule has 0 aliphatic heterocycles. The maximum absolute atomic E-state index is 12.5. The molecule has 128 valence electrons. The number of nitrogens with one attached hydrogen (secondary N) is 1. The molecule has 25 heavy (non-hydrogen) atoms. The molecule has 7 heteroatoms. The average molecular weight is 337 g/mol. The number of amides is 1. The third-order valence-corrected chi connectivity index (χ3v) is 3.56. The molecule has 3 aromatic rings. The Morgan fingerprint density at radius 3 is 2.56 bits per heavy atom. The Labute approximate surface area is 145 Å². The standard InChI is InChI=1S/C18H19N5O2/c1-12(2)20-18(24)16-17(13-5-4-10-19-11-13)23(22-21-16)14-6-8-15(25-3)9-7-14/h4-12H,1-3H3,(H,20,24). The van der Waals surface area contributed by atoms with Crippen molar-refractivity contribution in [3.63, 3.8) is 0 Å². The minimum atomic E-state index is -0.270. The van der Waals surface area contributed by atoms with Gasteiger partial charge in [0.05, 0.1) is 12.8 Å². The van der Waals surface area contributed by atoms with Crippen molar-refractivity contribution >= 4 is 5.91 Å². The second-order valence-electron chi connectivity index (χ2n) is 5.77. The molecule has 1 aromatic carbocycles. The lowest BCUT2D eigenvalue weighted by molar-refractivity contribution is 0.0938. The minimum Gasteiger partial charge on any atom is -0.497 e. The molecule has 0 bridgehead atoms. The number of carbonyl (C=O) groups is 1. The Hall–Kier alpha value is -3.22. The fraction of sp³-hybridized carbons (Fsp3) is 0.222. The molecule has 0 saturated heterocycles. The quantitative estimate of drug-likeness (QED) is 0.773. The monoisotopic (exact) mass is 337 g/mol. The Balaban J connectivity index is 2.12. The summed E-state index contributed by atoms with van der Waals surface area (Å²) < 4.78 is 6.82. The smallest absolute Gasteiger partial charge is 0.274 e. The number of aromatic nitrogens is 4. The first-order valence-electron chi connectivity index (χ1n) is 7.91. The zero-order valence-corrected chi connectivity index (χ0v) is 14.3. The van der Waals surface area contributed by atoms with Crippen LogP contribution in [0, 0.1) is 0 Å². The zero-order valence-electron chi connectivity index (χ0n) is 14.3. The first-order valence-corrected chi connectivity index (χ1v) is 7.91. The van der Waals surface area contributed by atoms with Crippen molar-refractivity contribution in [1.29, 1.82) is 0 Å². The highest BCUT2D eigenvalue weighted by Crippen LogP contribution is 2.25. The first kappa shape index (κ1) is 16.6. The highest BCUT2D eigenvalue weighted by Gasteiger charge is 2.22. The molecule has 2 heterocycles. The highest BCUT2D eigenvalue weighted by molar-refractivity contribution is 5.98. The van der Waals surface area contributed by atoms with E-state index in [2.05, 4.69) is 20.6 Å². The molecule has 0 aliphatic rings. The van der Waals surface area contributed by atoms with Crippen LogP contribution in [0.1, 0.15) is 24.3 Å². The van der Waals surface area contributed by atoms with Crippen LogP contribution in [-0.4, -0.2) is 39.0 Å². The molecule has 0 spiro atoms. The summed E-state index contributed by atoms with van der Waals surface area (Å²) in [4.78, 5) is 16.7. The van der Waals surface area contributed by atoms with Gasteiger partial charge in [0.2, 0.25) is 0 Å². The van der Waals surface area contributed by atoms with E-state index in [1.807, 2.05) is 50.2 Å². The van der Waals surface area contributed by atoms with Crippen molar-refractivity contribution in [3.8, 4) is 22.7 Å². The highest BCUT2D eigenvalue weighted by atomic mass is 16.5. The van der Waals surface area contributed by atoms with Crippen LogP contribution in [0.25, 0.3) is 16.9 Å². The number of nitrogens with zero attached hydrogens (tertiary/aromatic N) is 4. The molecule has 1 amide bonds. The molecule has 0 saturated carbocycles. The number of pyridine rings is 1. The molecule has 0 radical (unpaired) electrons. The second kappa shape index (κ2) is 7.12. The Morgan fingerprint density at radius 1 is 1.20 bits per heavy atom. The van der Waals surface area contributed by atoms with Gasteiger partial charge < -0.3 is 10.1 Å². The summed E-state index contributed by atoms with van der Waals surface area (Å²) in [7, 11) is 1.61. The van der Waals surface area contributed by atoms with Gasteiger partial charge in [0.25, 0.3) is 5.91 Å². The van der Waals surface area contributed by atoms with E-state index < -0.39 is 0 Å². The average Bonchev–Trinajstić information content (AvgIpc) is 3.07. The van der Waals surface area contributed by atoms with Crippen LogP contribution in [0.15, 0.2) is 48.8 Å². The molecule has 1 N–H and O–H groups in total. The number of rotatable bonds is 5. The van der Waals surface area contributed by atoms with Gasteiger partial charge in [-0.1, -0.05) is 5.21 Å². The predicted molar refractivity (Wildman–Crippen MR) is 93.7 cm³/mol. The van der Waals surface area contributed by atoms with Gasteiger partial charge in [0.15, 0.2) is 5.69 Å². The summed E-state index contributed by atoms with van der Waals surface area (Å²) in [6, 6.07) is 11.1. The predicted octanol–water partition coefficient (Wildman–Crippen LogP) is 2.48. The van der Waals surface area contributed by atoms with Gasteiger partial charge >= 0.3 is 0 Å². The maximum atomic E-state index is 12.5. The van der Waals surface area contributed by atoms with E-state index >= 15 is 0 Å². The van der Waals surface area contributed by atoms with Gasteiger partial charge in [-0.15, -0.1) is 5.10 Å². The van der Waals surface area contributed by atoms with Crippen molar-refractivity contribution in [2.45, 2.75) is 19.9 Å². The number of methoxy groups -OCH3 is 1. The third-order valence-electron chi connectivity index (χ3n) is 3.56. The van der Waals surface area contributed by atoms with E-state index in [-0.39, 0.29) is 17.6 Å². The van der Waals surface area contributed by atoms with Crippen molar-refractivity contribution in [3.05, 3.63) is 54.5 Å². The van der Waals surface area contributed by atoms with Crippen LogP contribution < -0.4 is 10.1 Å². The SMILES string of the molecule is COc1ccc(-n2nnc(C(=O)NC(C)C)c2-c2cccnc2)cc1. The van der Waals surface area contributed by atoms with Crippen LogP contribution >= 0.6 is 0 Å². The van der Waals surface area contributed by atoms with Crippen LogP contribution in [0.4, 0.5) is 0 Å². The second-order valence-corrected chi connectivity index (χ2v) is 5.77. The van der Waals surface area contributed by atoms with Crippen LogP contribution in [-0.2, 0) is 0 Å². The molecular weight excluding hydrogens is 318 g/mol. The lowest BCUT2D eigenvalue weighted by atomic mass is 10.1. The molecule has 0 aliphatic carbocycles. The number of hydrogen-bond acceptors (Lipinski definition) is 5. The van der Waals surface area contributed by atoms with E-state index in [1.54, 1.807) is 24.2 Å². The summed E-state index contributed by atoms with van der Waals surface area (Å²) in [5.41, 5.74) is 2.39. The number of hydrogen-bond donors (Lipinski definition) is 1. The summed E-state index contributed by atoms with van der Waals surface area (Å²) in [5, 5.41) is 11.1. The largest absolute Gasteiger partial charge is 0.497 e. The van der Waals surface area contributed by atoms with Crippen LogP contribution in [0.2, 0.25) is 0 Å². The van der Waals surface area contributed by atoms with Gasteiger partial charge in [-0.3, -0.25) is 9.78 Å². The van der Waals surface area contributed by atoms with Crippen molar-refractivity contribution in [2.75, 3.05) is 7.11 Å². The van der Waals surface area contributed by atoms with Gasteiger partial charge in [0, 0.05) is 24.0 Å². The van der Waals surface area contributed by atoms with E-state index in [0.29, 0.717) is 5.69 Å². The van der Waals surface area contributed by atoms with E-state index in [0.717, 1.165) is 17.0 Å². The molecule has 0 unspecified atom stereocenters. The molecule has 2 aromatic heterocycles. The fourth-order valence-electron chi connectivity index (χ4n) is 2.43. The lowest BCUT2D eigenvalue weighted by Gasteiger charge is -2.10. The van der Waals surface area contributed by atoms with Crippen LogP contribution in [0.3, 0.4) is 0 Å². The number of ether oxygens (including phenoxy) is 1. The van der Waals surface area contributed by atoms with Crippen molar-refractivity contribution in [1.82, 2.24) is 25.3 Å². The normalized spacial score (nSPS) is 10.7. The van der Waals surface area contributed by atoms with Gasteiger partial charge in [-0.05, 0) is 50.2 Å². The lowest BCUT2D eigenvalue weighted by Crippen LogP contribution is -2.30. The molecule has 0 fully saturated rings. The Morgan fingerprint density at radius 2 is 1.96 bits per heavy atom. The maximum Gasteiger partial charge on any atom is 0.274 e. The van der Waals surface area contributed by atoms with E-state index in [4.69, 9.17) is 4.74 Å². The van der Waals surface area contributed by atoms with E-state index in [9.17, 15) is 4.79 Å². The minimum absolute atomic E-state index is 0.000356. The topological polar surface area (TPSA) is 81.9 Å². The third kappa shape index (κ3) is 3.50. The zero-order chi connectivity index (χ0) is 17.8. The number of carbonyl (C=O) groups excluding carboxylic acids is 1. The molecule has 3 rings (SSSR count). The fourth-order valence-corrected chi connectivity index (χ4v) is 2.43. The molecule has 7 nitrogen and oxygen atoms in total. The van der Waals surface area contributed by atoms with Gasteiger partial charge in [0.1, 0.15) is 11.4 Å². The van der Waals surface area contributed by atoms with E-state index in [1.165, 1.54) is 0 Å². The Kier molecular flexibility index (Phi) is 4.74.